The summed E-state index contributed by atoms with van der Waals surface area (Å²) in [6.45, 7) is 5.52. The van der Waals surface area contributed by atoms with E-state index in [-0.39, 0.29) is 13.2 Å². The first kappa shape index (κ1) is 20.4. The number of aliphatic hydroxyl groups is 1. The lowest BCUT2D eigenvalue weighted by atomic mass is 10.2. The average molecular weight is 402 g/mol. The van der Waals surface area contributed by atoms with Crippen LogP contribution in [-0.2, 0) is 24.1 Å². The topological polar surface area (TPSA) is 49.3 Å². The predicted octanol–water partition coefficient (Wildman–Crippen LogP) is 4.67. The van der Waals surface area contributed by atoms with E-state index in [0.717, 1.165) is 10.5 Å². The SMILES string of the molecule is CC(C)(C)S(=O)NCc1c(F)ccc(Cl)c1Sc1ccccc1CO. The largest absolute Gasteiger partial charge is 0.392 e. The third-order valence-electron chi connectivity index (χ3n) is 3.45. The fourth-order valence-electron chi connectivity index (χ4n) is 2.05. The summed E-state index contributed by atoms with van der Waals surface area (Å²) in [5.74, 6) is -0.410. The van der Waals surface area contributed by atoms with Crippen molar-refractivity contribution in [2.24, 2.45) is 0 Å². The van der Waals surface area contributed by atoms with Gasteiger partial charge >= 0.3 is 0 Å². The van der Waals surface area contributed by atoms with E-state index in [1.807, 2.05) is 45.0 Å². The zero-order valence-electron chi connectivity index (χ0n) is 14.3. The Labute approximate surface area is 159 Å². The summed E-state index contributed by atoms with van der Waals surface area (Å²) in [6, 6.07) is 10.1. The van der Waals surface area contributed by atoms with Crippen molar-refractivity contribution in [1.29, 1.82) is 0 Å². The molecule has 2 N–H and O–H groups in total. The summed E-state index contributed by atoms with van der Waals surface area (Å²) in [7, 11) is -1.32. The molecule has 3 nitrogen and oxygen atoms in total. The fraction of sp³-hybridized carbons (Fsp3) is 0.333. The molecule has 136 valence electrons. The maximum absolute atomic E-state index is 14.4. The molecule has 0 saturated carbocycles. The number of nitrogens with one attached hydrogen (secondary N) is 1. The maximum atomic E-state index is 14.4. The Morgan fingerprint density at radius 1 is 1.24 bits per heavy atom. The molecule has 0 fully saturated rings. The number of aliphatic hydroxyl groups excluding tert-OH is 1. The highest BCUT2D eigenvalue weighted by Crippen LogP contribution is 2.38. The van der Waals surface area contributed by atoms with E-state index < -0.39 is 21.5 Å². The van der Waals surface area contributed by atoms with Crippen LogP contribution in [0.25, 0.3) is 0 Å². The first-order valence-electron chi connectivity index (χ1n) is 7.73. The lowest BCUT2D eigenvalue weighted by Gasteiger charge is -2.19. The van der Waals surface area contributed by atoms with Gasteiger partial charge in [0.15, 0.2) is 0 Å². The summed E-state index contributed by atoms with van der Waals surface area (Å²) in [4.78, 5) is 1.36. The van der Waals surface area contributed by atoms with Crippen LogP contribution in [0.5, 0.6) is 0 Å². The minimum atomic E-state index is -1.32. The van der Waals surface area contributed by atoms with E-state index in [4.69, 9.17) is 11.6 Å². The standard InChI is InChI=1S/C18H21ClFNO2S2/c1-18(2,3)25(23)21-10-13-15(20)9-8-14(19)17(13)24-16-7-5-4-6-12(16)11-22/h4-9,21-22H,10-11H2,1-3H3. The lowest BCUT2D eigenvalue weighted by molar-refractivity contribution is 0.279. The number of halogens is 2. The van der Waals surface area contributed by atoms with Crippen LogP contribution in [-0.4, -0.2) is 14.1 Å². The van der Waals surface area contributed by atoms with Crippen molar-refractivity contribution >= 4 is 34.3 Å². The van der Waals surface area contributed by atoms with E-state index >= 15 is 0 Å². The lowest BCUT2D eigenvalue weighted by Crippen LogP contribution is -2.33. The summed E-state index contributed by atoms with van der Waals surface area (Å²) >= 11 is 7.59. The maximum Gasteiger partial charge on any atom is 0.128 e. The Morgan fingerprint density at radius 3 is 2.56 bits per heavy atom. The zero-order chi connectivity index (χ0) is 18.6. The van der Waals surface area contributed by atoms with Crippen LogP contribution in [0.3, 0.4) is 0 Å². The molecule has 0 saturated heterocycles. The monoisotopic (exact) mass is 401 g/mol. The van der Waals surface area contributed by atoms with Crippen molar-refractivity contribution in [2.75, 3.05) is 0 Å². The van der Waals surface area contributed by atoms with Crippen LogP contribution < -0.4 is 4.72 Å². The van der Waals surface area contributed by atoms with Crippen LogP contribution in [0.4, 0.5) is 4.39 Å². The van der Waals surface area contributed by atoms with Crippen molar-refractivity contribution in [2.45, 2.75) is 48.5 Å². The van der Waals surface area contributed by atoms with Gasteiger partial charge in [0.1, 0.15) is 5.82 Å². The molecule has 0 radical (unpaired) electrons. The second-order valence-electron chi connectivity index (χ2n) is 6.41. The van der Waals surface area contributed by atoms with Gasteiger partial charge in [0, 0.05) is 21.9 Å². The molecule has 25 heavy (non-hydrogen) atoms. The first-order valence-corrected chi connectivity index (χ1v) is 10.1. The minimum absolute atomic E-state index is 0.0971. The van der Waals surface area contributed by atoms with Gasteiger partial charge in [-0.3, -0.25) is 0 Å². The highest BCUT2D eigenvalue weighted by Gasteiger charge is 2.21. The summed E-state index contributed by atoms with van der Waals surface area (Å²) in [5, 5.41) is 9.90. The first-order chi connectivity index (χ1) is 11.7. The van der Waals surface area contributed by atoms with Gasteiger partial charge in [0.05, 0.1) is 27.4 Å². The predicted molar refractivity (Wildman–Crippen MR) is 103 cm³/mol. The van der Waals surface area contributed by atoms with Crippen molar-refractivity contribution < 1.29 is 13.7 Å². The third-order valence-corrected chi connectivity index (χ3v) is 6.68. The molecule has 0 heterocycles. The number of rotatable bonds is 6. The van der Waals surface area contributed by atoms with Gasteiger partial charge in [0.2, 0.25) is 0 Å². The molecule has 7 heteroatoms. The molecule has 2 aromatic carbocycles. The normalized spacial score (nSPS) is 13.0. The van der Waals surface area contributed by atoms with Gasteiger partial charge in [-0.15, -0.1) is 0 Å². The van der Waals surface area contributed by atoms with Gasteiger partial charge in [-0.2, -0.15) is 0 Å². The molecule has 2 aromatic rings. The Hall–Kier alpha value is -0.920. The molecule has 1 atom stereocenters. The van der Waals surface area contributed by atoms with Gasteiger partial charge in [-0.05, 0) is 44.5 Å². The molecule has 0 bridgehead atoms. The van der Waals surface area contributed by atoms with Gasteiger partial charge in [-0.25, -0.2) is 13.3 Å². The second kappa shape index (κ2) is 8.64. The Morgan fingerprint density at radius 2 is 1.92 bits per heavy atom. The summed E-state index contributed by atoms with van der Waals surface area (Å²) in [5.41, 5.74) is 1.10. The second-order valence-corrected chi connectivity index (χ2v) is 9.92. The molecular weight excluding hydrogens is 381 g/mol. The van der Waals surface area contributed by atoms with Gasteiger partial charge in [-0.1, -0.05) is 41.6 Å². The molecule has 0 aromatic heterocycles. The molecule has 0 spiro atoms. The minimum Gasteiger partial charge on any atom is -0.392 e. The quantitative estimate of drug-likeness (QED) is 0.739. The third kappa shape index (κ3) is 5.28. The van der Waals surface area contributed by atoms with E-state index in [0.29, 0.717) is 15.5 Å². The molecular formula is C18H21ClFNO2S2. The molecule has 1 unspecified atom stereocenters. The Balaban J connectivity index is 2.34. The summed E-state index contributed by atoms with van der Waals surface area (Å²) in [6.07, 6.45) is 0. The molecule has 2 rings (SSSR count). The molecule has 0 aliphatic heterocycles. The Kier molecular flexibility index (Phi) is 7.05. The van der Waals surface area contributed by atoms with Crippen molar-refractivity contribution in [3.8, 4) is 0 Å². The number of benzene rings is 2. The van der Waals surface area contributed by atoms with Crippen LogP contribution in [0.1, 0.15) is 31.9 Å². The average Bonchev–Trinajstić information content (AvgIpc) is 2.57. The van der Waals surface area contributed by atoms with Crippen molar-refractivity contribution in [1.82, 2.24) is 4.72 Å². The van der Waals surface area contributed by atoms with Gasteiger partial charge < -0.3 is 5.11 Å². The molecule has 0 amide bonds. The fourth-order valence-corrected chi connectivity index (χ4v) is 4.14. The highest BCUT2D eigenvalue weighted by atomic mass is 35.5. The zero-order valence-corrected chi connectivity index (χ0v) is 16.7. The number of hydrogen-bond donors (Lipinski definition) is 2. The van der Waals surface area contributed by atoms with E-state index in [9.17, 15) is 13.7 Å². The van der Waals surface area contributed by atoms with Crippen LogP contribution in [0.2, 0.25) is 5.02 Å². The molecule has 0 aliphatic carbocycles. The van der Waals surface area contributed by atoms with Crippen molar-refractivity contribution in [3.05, 3.63) is 58.4 Å². The Bertz CT molecular complexity index is 778. The van der Waals surface area contributed by atoms with Gasteiger partial charge in [0.25, 0.3) is 0 Å². The van der Waals surface area contributed by atoms with Crippen molar-refractivity contribution in [3.63, 3.8) is 0 Å². The van der Waals surface area contributed by atoms with E-state index in [1.54, 1.807) is 0 Å². The number of hydrogen-bond acceptors (Lipinski definition) is 3. The van der Waals surface area contributed by atoms with E-state index in [1.165, 1.54) is 23.9 Å². The highest BCUT2D eigenvalue weighted by molar-refractivity contribution is 7.99. The van der Waals surface area contributed by atoms with E-state index in [2.05, 4.69) is 4.72 Å². The smallest absolute Gasteiger partial charge is 0.128 e. The molecule has 0 aliphatic rings. The van der Waals surface area contributed by atoms with Crippen LogP contribution >= 0.6 is 23.4 Å². The van der Waals surface area contributed by atoms with Crippen LogP contribution in [0, 0.1) is 5.82 Å². The van der Waals surface area contributed by atoms with Crippen LogP contribution in [0.15, 0.2) is 46.2 Å². The summed E-state index contributed by atoms with van der Waals surface area (Å²) < 4.78 is 29.0.